The highest BCUT2D eigenvalue weighted by molar-refractivity contribution is 6.34. The van der Waals surface area contributed by atoms with Crippen LogP contribution in [0.15, 0.2) is 65.9 Å². The van der Waals surface area contributed by atoms with E-state index in [1.807, 2.05) is 0 Å². The van der Waals surface area contributed by atoms with Crippen molar-refractivity contribution in [3.05, 3.63) is 98.8 Å². The molecule has 0 saturated carbocycles. The average Bonchev–Trinajstić information content (AvgIpc) is 3.29. The van der Waals surface area contributed by atoms with Crippen LogP contribution in [-0.4, -0.2) is 22.8 Å². The number of aromatic nitrogens is 1. The van der Waals surface area contributed by atoms with E-state index in [1.165, 1.54) is 24.3 Å². The van der Waals surface area contributed by atoms with E-state index in [9.17, 15) is 22.4 Å². The summed E-state index contributed by atoms with van der Waals surface area (Å²) in [4.78, 5) is 21.4. The van der Waals surface area contributed by atoms with E-state index >= 15 is 0 Å². The van der Waals surface area contributed by atoms with Gasteiger partial charge in [-0.05, 0) is 60.0 Å². The number of rotatable bonds is 6. The second kappa shape index (κ2) is 10.1. The van der Waals surface area contributed by atoms with Crippen LogP contribution in [0.4, 0.5) is 17.6 Å². The van der Waals surface area contributed by atoms with Crippen LogP contribution in [0.3, 0.4) is 0 Å². The van der Waals surface area contributed by atoms with Gasteiger partial charge in [0.15, 0.2) is 0 Å². The zero-order valence-corrected chi connectivity index (χ0v) is 20.3. The van der Waals surface area contributed by atoms with Crippen LogP contribution in [0.25, 0.3) is 0 Å². The Labute approximate surface area is 214 Å². The van der Waals surface area contributed by atoms with E-state index in [2.05, 4.69) is 15.5 Å². The number of halogens is 6. The summed E-state index contributed by atoms with van der Waals surface area (Å²) in [7, 11) is 0. The number of benzene rings is 2. The second-order valence-electron chi connectivity index (χ2n) is 8.26. The van der Waals surface area contributed by atoms with Gasteiger partial charge in [0.05, 0.1) is 18.0 Å². The van der Waals surface area contributed by atoms with Crippen LogP contribution in [0, 0.1) is 6.92 Å². The van der Waals surface area contributed by atoms with E-state index in [1.54, 1.807) is 31.3 Å². The van der Waals surface area contributed by atoms with Crippen LogP contribution in [0.1, 0.15) is 40.5 Å². The fourth-order valence-corrected chi connectivity index (χ4v) is 4.42. The van der Waals surface area contributed by atoms with Crippen molar-refractivity contribution in [2.24, 2.45) is 5.16 Å². The molecule has 188 valence electrons. The molecule has 4 rings (SSSR count). The molecule has 2 heterocycles. The summed E-state index contributed by atoms with van der Waals surface area (Å²) >= 11 is 11.9. The van der Waals surface area contributed by atoms with Gasteiger partial charge < -0.3 is 10.2 Å². The highest BCUT2D eigenvalue weighted by atomic mass is 35.5. The molecule has 2 aromatic carbocycles. The lowest BCUT2D eigenvalue weighted by molar-refractivity contribution is -0.275. The lowest BCUT2D eigenvalue weighted by atomic mass is 9.86. The monoisotopic (exact) mass is 539 g/mol. The fourth-order valence-electron chi connectivity index (χ4n) is 3.90. The van der Waals surface area contributed by atoms with E-state index in [0.717, 1.165) is 12.1 Å². The predicted octanol–water partition coefficient (Wildman–Crippen LogP) is 6.61. The highest BCUT2D eigenvalue weighted by Crippen LogP contribution is 2.49. The van der Waals surface area contributed by atoms with Crippen LogP contribution in [0.5, 0.6) is 0 Å². The number of carbonyl (C=O) groups excluding carboxylic acids is 1. The molecular weight excluding hydrogens is 521 g/mol. The third-order valence-electron chi connectivity index (χ3n) is 5.79. The molecular formula is C25H19Cl2F4N3O2. The Hall–Kier alpha value is -3.17. The number of aryl methyl sites for hydroxylation is 1. The van der Waals surface area contributed by atoms with Gasteiger partial charge in [-0.15, -0.1) is 0 Å². The maximum absolute atomic E-state index is 14.9. The van der Waals surface area contributed by atoms with Crippen LogP contribution in [-0.2, 0) is 21.8 Å². The second-order valence-corrected chi connectivity index (χ2v) is 9.13. The normalized spacial score (nSPS) is 18.4. The maximum atomic E-state index is 14.9. The molecule has 0 aliphatic carbocycles. The van der Waals surface area contributed by atoms with Crippen LogP contribution in [0.2, 0.25) is 10.0 Å². The van der Waals surface area contributed by atoms with Crippen molar-refractivity contribution in [2.75, 3.05) is 0 Å². The topological polar surface area (TPSA) is 63.6 Å². The summed E-state index contributed by atoms with van der Waals surface area (Å²) < 4.78 is 57.5. The fraction of sp³-hybridized carbons (Fsp3) is 0.240. The quantitative estimate of drug-likeness (QED) is 0.358. The Morgan fingerprint density at radius 3 is 2.47 bits per heavy atom. The molecule has 0 fully saturated rings. The summed E-state index contributed by atoms with van der Waals surface area (Å²) in [5, 5.41) is 6.23. The van der Waals surface area contributed by atoms with Crippen LogP contribution < -0.4 is 5.32 Å². The maximum Gasteiger partial charge on any atom is 0.435 e. The molecule has 0 radical (unpaired) electrons. The molecule has 1 N–H and O–H groups in total. The Balaban J connectivity index is 1.53. The van der Waals surface area contributed by atoms with Gasteiger partial charge in [-0.1, -0.05) is 46.6 Å². The summed E-state index contributed by atoms with van der Waals surface area (Å²) in [6.07, 6.45) is -5.90. The van der Waals surface area contributed by atoms with Gasteiger partial charge in [-0.3, -0.25) is 9.78 Å². The molecule has 11 heteroatoms. The zero-order chi connectivity index (χ0) is 26.1. The molecule has 36 heavy (non-hydrogen) atoms. The molecule has 2 atom stereocenters. The molecule has 0 spiro atoms. The summed E-state index contributed by atoms with van der Waals surface area (Å²) in [5.74, 6) is -0.855. The van der Waals surface area contributed by atoms with Gasteiger partial charge >= 0.3 is 6.18 Å². The lowest BCUT2D eigenvalue weighted by Gasteiger charge is -2.29. The smallest absolute Gasteiger partial charge is 0.374 e. The third kappa shape index (κ3) is 5.17. The number of hydrogen-bond acceptors (Lipinski definition) is 4. The highest BCUT2D eigenvalue weighted by Gasteiger charge is 2.62. The van der Waals surface area contributed by atoms with E-state index < -0.39 is 30.3 Å². The van der Waals surface area contributed by atoms with Gasteiger partial charge in [0, 0.05) is 28.2 Å². The van der Waals surface area contributed by atoms with Crippen molar-refractivity contribution in [3.63, 3.8) is 0 Å². The molecule has 1 aliphatic rings. The lowest BCUT2D eigenvalue weighted by Crippen LogP contribution is -2.42. The Morgan fingerprint density at radius 2 is 1.86 bits per heavy atom. The predicted molar refractivity (Wildman–Crippen MR) is 128 cm³/mol. The minimum Gasteiger partial charge on any atom is -0.374 e. The summed E-state index contributed by atoms with van der Waals surface area (Å²) in [5.41, 5.74) is -1.74. The van der Waals surface area contributed by atoms with E-state index in [0.29, 0.717) is 16.8 Å². The number of hydrogen-bond donors (Lipinski definition) is 1. The van der Waals surface area contributed by atoms with Gasteiger partial charge in [-0.2, -0.15) is 13.2 Å². The van der Waals surface area contributed by atoms with Gasteiger partial charge in [0.2, 0.25) is 6.17 Å². The largest absolute Gasteiger partial charge is 0.435 e. The Morgan fingerprint density at radius 1 is 1.14 bits per heavy atom. The van der Waals surface area contributed by atoms with Crippen molar-refractivity contribution in [2.45, 2.75) is 37.8 Å². The average molecular weight is 540 g/mol. The van der Waals surface area contributed by atoms with Crippen LogP contribution >= 0.6 is 23.2 Å². The molecule has 1 aliphatic heterocycles. The summed E-state index contributed by atoms with van der Waals surface area (Å²) in [6.45, 7) is 1.61. The minimum atomic E-state index is -4.84. The van der Waals surface area contributed by atoms with Crippen molar-refractivity contribution >= 4 is 34.8 Å². The molecule has 5 nitrogen and oxygen atoms in total. The first-order valence-electron chi connectivity index (χ1n) is 10.7. The number of amides is 1. The molecule has 0 bridgehead atoms. The Kier molecular flexibility index (Phi) is 7.24. The number of nitrogens with one attached hydrogen (secondary N) is 1. The van der Waals surface area contributed by atoms with Crippen molar-refractivity contribution in [3.8, 4) is 0 Å². The van der Waals surface area contributed by atoms with Gasteiger partial charge in [-0.25, -0.2) is 4.39 Å². The molecule has 0 saturated heterocycles. The number of alkyl halides is 4. The number of nitrogens with zero attached hydrogens (tertiary/aromatic N) is 2. The third-order valence-corrected chi connectivity index (χ3v) is 6.23. The van der Waals surface area contributed by atoms with Crippen molar-refractivity contribution in [1.82, 2.24) is 10.3 Å². The van der Waals surface area contributed by atoms with Gasteiger partial charge in [0.25, 0.3) is 11.5 Å². The molecule has 3 aromatic rings. The standard InChI is InChI=1S/C25H19Cl2F4N3O2/c1-14-8-15(5-6-20(14)22(28)23(35)33-13-19-4-2-3-7-32-19)21-12-24(36-34-21,25(29,30)31)16-9-17(26)11-18(27)10-16/h2-11,22H,12-13H2,1H3,(H,33,35). The first-order chi connectivity index (χ1) is 17.0. The molecule has 1 amide bonds. The van der Waals surface area contributed by atoms with Gasteiger partial charge in [0.1, 0.15) is 0 Å². The van der Waals surface area contributed by atoms with Crippen molar-refractivity contribution in [1.29, 1.82) is 0 Å². The molecule has 1 aromatic heterocycles. The van der Waals surface area contributed by atoms with E-state index in [-0.39, 0.29) is 33.4 Å². The Bertz CT molecular complexity index is 1300. The molecule has 2 unspecified atom stereocenters. The number of oxime groups is 1. The zero-order valence-electron chi connectivity index (χ0n) is 18.7. The first kappa shape index (κ1) is 25.9. The summed E-state index contributed by atoms with van der Waals surface area (Å²) in [6, 6.07) is 12.9. The van der Waals surface area contributed by atoms with E-state index in [4.69, 9.17) is 28.0 Å². The number of pyridine rings is 1. The van der Waals surface area contributed by atoms with Crippen molar-refractivity contribution < 1.29 is 27.2 Å². The minimum absolute atomic E-state index is 0.00749. The first-order valence-corrected chi connectivity index (χ1v) is 11.5. The number of carbonyl (C=O) groups is 1. The SMILES string of the molecule is Cc1cc(C2=NOC(c3cc(Cl)cc(Cl)c3)(C(F)(F)F)C2)ccc1C(F)C(=O)NCc1ccccn1.